The fourth-order valence-electron chi connectivity index (χ4n) is 3.27. The molecule has 0 spiro atoms. The Labute approximate surface area is 155 Å². The molecule has 2 aliphatic rings. The lowest BCUT2D eigenvalue weighted by molar-refractivity contribution is -0.114. The van der Waals surface area contributed by atoms with E-state index in [-0.39, 0.29) is 5.91 Å². The Bertz CT molecular complexity index is 575. The predicted molar refractivity (Wildman–Crippen MR) is 106 cm³/mol. The van der Waals surface area contributed by atoms with Gasteiger partial charge in [-0.1, -0.05) is 36.2 Å². The van der Waals surface area contributed by atoms with Gasteiger partial charge in [-0.3, -0.25) is 14.4 Å². The molecule has 1 aliphatic carbocycles. The smallest absolute Gasteiger partial charge is 0.253 e. The van der Waals surface area contributed by atoms with E-state index >= 15 is 0 Å². The molecule has 4 nitrogen and oxygen atoms in total. The Morgan fingerprint density at radius 1 is 1.20 bits per heavy atom. The summed E-state index contributed by atoms with van der Waals surface area (Å²) in [5, 5.41) is 3.67. The molecule has 1 saturated heterocycles. The Morgan fingerprint density at radius 2 is 1.92 bits per heavy atom. The lowest BCUT2D eigenvalue weighted by Gasteiger charge is -2.32. The highest BCUT2D eigenvalue weighted by molar-refractivity contribution is 7.97. The topological polar surface area (TPSA) is 44.4 Å². The van der Waals surface area contributed by atoms with Gasteiger partial charge in [0, 0.05) is 24.9 Å². The summed E-state index contributed by atoms with van der Waals surface area (Å²) in [7, 11) is 0. The van der Waals surface area contributed by atoms with Crippen LogP contribution in [-0.2, 0) is 11.3 Å². The standard InChI is InChI=1S/C20H29N3OS/c1-25-22-20(24)9-6-16-2-4-18(5-3-16)15-23-12-10-17(11-13-23)14-21-19-7-8-19/h2-6,9,17,19,21H,7-8,10-15H2,1H3,(H,22,24)/b9-6+. The highest BCUT2D eigenvalue weighted by Gasteiger charge is 2.24. The van der Waals surface area contributed by atoms with Gasteiger partial charge in [-0.15, -0.1) is 0 Å². The van der Waals surface area contributed by atoms with Crippen LogP contribution < -0.4 is 10.0 Å². The van der Waals surface area contributed by atoms with Crippen molar-refractivity contribution < 1.29 is 4.79 Å². The molecule has 1 amide bonds. The van der Waals surface area contributed by atoms with Crippen molar-refractivity contribution in [2.45, 2.75) is 38.3 Å². The molecule has 2 N–H and O–H groups in total. The van der Waals surface area contributed by atoms with E-state index in [1.54, 1.807) is 6.08 Å². The minimum Gasteiger partial charge on any atom is -0.314 e. The molecule has 2 fully saturated rings. The number of rotatable bonds is 8. The van der Waals surface area contributed by atoms with Gasteiger partial charge in [0.15, 0.2) is 0 Å². The molecule has 5 heteroatoms. The van der Waals surface area contributed by atoms with Crippen LogP contribution in [0.1, 0.15) is 36.8 Å². The van der Waals surface area contributed by atoms with Gasteiger partial charge in [0.25, 0.3) is 5.91 Å². The van der Waals surface area contributed by atoms with Gasteiger partial charge in [-0.05, 0) is 68.4 Å². The van der Waals surface area contributed by atoms with E-state index in [2.05, 4.69) is 39.2 Å². The molecule has 1 saturated carbocycles. The molecule has 0 radical (unpaired) electrons. The maximum atomic E-state index is 11.4. The fraction of sp³-hybridized carbons (Fsp3) is 0.550. The second-order valence-electron chi connectivity index (χ2n) is 7.15. The number of hydrogen-bond acceptors (Lipinski definition) is 4. The van der Waals surface area contributed by atoms with E-state index < -0.39 is 0 Å². The van der Waals surface area contributed by atoms with E-state index in [1.165, 1.54) is 62.8 Å². The van der Waals surface area contributed by atoms with Crippen LogP contribution in [0.25, 0.3) is 6.08 Å². The Kier molecular flexibility index (Phi) is 6.96. The van der Waals surface area contributed by atoms with Gasteiger partial charge in [0.2, 0.25) is 0 Å². The molecule has 25 heavy (non-hydrogen) atoms. The average molecular weight is 360 g/mol. The van der Waals surface area contributed by atoms with Crippen molar-refractivity contribution in [1.82, 2.24) is 14.9 Å². The quantitative estimate of drug-likeness (QED) is 0.553. The van der Waals surface area contributed by atoms with Crippen molar-refractivity contribution in [1.29, 1.82) is 0 Å². The number of likely N-dealkylation sites (tertiary alicyclic amines) is 1. The monoisotopic (exact) mass is 359 g/mol. The van der Waals surface area contributed by atoms with Gasteiger partial charge in [-0.2, -0.15) is 0 Å². The number of hydrogen-bond donors (Lipinski definition) is 2. The van der Waals surface area contributed by atoms with E-state index in [1.807, 2.05) is 12.3 Å². The molecule has 0 unspecified atom stereocenters. The Hall–Kier alpha value is -1.30. The van der Waals surface area contributed by atoms with Gasteiger partial charge >= 0.3 is 0 Å². The molecule has 0 aromatic heterocycles. The lowest BCUT2D eigenvalue weighted by atomic mass is 9.96. The molecule has 1 aromatic carbocycles. The minimum absolute atomic E-state index is 0.0735. The number of nitrogens with zero attached hydrogens (tertiary/aromatic N) is 1. The van der Waals surface area contributed by atoms with Crippen molar-refractivity contribution in [2.24, 2.45) is 5.92 Å². The third-order valence-corrected chi connectivity index (χ3v) is 5.40. The summed E-state index contributed by atoms with van der Waals surface area (Å²) in [6, 6.07) is 9.35. The largest absolute Gasteiger partial charge is 0.314 e. The first-order valence-electron chi connectivity index (χ1n) is 9.28. The minimum atomic E-state index is -0.0735. The summed E-state index contributed by atoms with van der Waals surface area (Å²) in [6.45, 7) is 4.64. The Balaban J connectivity index is 1.40. The van der Waals surface area contributed by atoms with E-state index in [0.717, 1.165) is 24.1 Å². The maximum absolute atomic E-state index is 11.4. The Morgan fingerprint density at radius 3 is 2.56 bits per heavy atom. The van der Waals surface area contributed by atoms with Gasteiger partial charge in [0.1, 0.15) is 0 Å². The molecule has 0 bridgehead atoms. The third-order valence-electron chi connectivity index (χ3n) is 5.00. The number of carbonyl (C=O) groups excluding carboxylic acids is 1. The number of piperidine rings is 1. The zero-order valence-electron chi connectivity index (χ0n) is 15.0. The summed E-state index contributed by atoms with van der Waals surface area (Å²) in [5.74, 6) is 0.785. The molecule has 1 heterocycles. The summed E-state index contributed by atoms with van der Waals surface area (Å²) in [6.07, 6.45) is 10.7. The first-order chi connectivity index (χ1) is 12.2. The molecule has 3 rings (SSSR count). The zero-order valence-corrected chi connectivity index (χ0v) is 15.9. The van der Waals surface area contributed by atoms with Crippen molar-refractivity contribution in [2.75, 3.05) is 25.9 Å². The van der Waals surface area contributed by atoms with Crippen LogP contribution in [-0.4, -0.2) is 42.7 Å². The normalized spacial score (nSPS) is 19.4. The van der Waals surface area contributed by atoms with Crippen molar-refractivity contribution >= 4 is 23.9 Å². The molecule has 136 valence electrons. The summed E-state index contributed by atoms with van der Waals surface area (Å²) in [5.41, 5.74) is 2.41. The van der Waals surface area contributed by atoms with E-state index in [9.17, 15) is 4.79 Å². The van der Waals surface area contributed by atoms with Crippen LogP contribution in [0, 0.1) is 5.92 Å². The average Bonchev–Trinajstić information content (AvgIpc) is 3.45. The van der Waals surface area contributed by atoms with Crippen molar-refractivity contribution in [3.63, 3.8) is 0 Å². The second kappa shape index (κ2) is 9.41. The van der Waals surface area contributed by atoms with Crippen LogP contribution in [0.3, 0.4) is 0 Å². The van der Waals surface area contributed by atoms with Crippen molar-refractivity contribution in [3.05, 3.63) is 41.5 Å². The first-order valence-corrected chi connectivity index (χ1v) is 10.5. The van der Waals surface area contributed by atoms with Crippen LogP contribution in [0.2, 0.25) is 0 Å². The second-order valence-corrected chi connectivity index (χ2v) is 7.76. The number of benzene rings is 1. The molecule has 1 aliphatic heterocycles. The molecule has 0 atom stereocenters. The number of carbonyl (C=O) groups is 1. The van der Waals surface area contributed by atoms with Crippen LogP contribution in [0.5, 0.6) is 0 Å². The van der Waals surface area contributed by atoms with Gasteiger partial charge in [0.05, 0.1) is 0 Å². The highest BCUT2D eigenvalue weighted by Crippen LogP contribution is 2.22. The maximum Gasteiger partial charge on any atom is 0.253 e. The predicted octanol–water partition coefficient (Wildman–Crippen LogP) is 3.06. The van der Waals surface area contributed by atoms with E-state index in [4.69, 9.17) is 0 Å². The zero-order chi connectivity index (χ0) is 17.5. The van der Waals surface area contributed by atoms with Gasteiger partial charge < -0.3 is 5.32 Å². The van der Waals surface area contributed by atoms with Crippen molar-refractivity contribution in [3.8, 4) is 0 Å². The summed E-state index contributed by atoms with van der Waals surface area (Å²) >= 11 is 1.31. The van der Waals surface area contributed by atoms with Gasteiger partial charge in [-0.25, -0.2) is 0 Å². The number of amides is 1. The van der Waals surface area contributed by atoms with Crippen LogP contribution in [0.4, 0.5) is 0 Å². The summed E-state index contributed by atoms with van der Waals surface area (Å²) < 4.78 is 2.68. The molecular formula is C20H29N3OS. The fourth-order valence-corrected chi connectivity index (χ4v) is 3.54. The van der Waals surface area contributed by atoms with E-state index in [0.29, 0.717) is 0 Å². The SMILES string of the molecule is CSNC(=O)/C=C/c1ccc(CN2CCC(CNC3CC3)CC2)cc1. The first kappa shape index (κ1) is 18.5. The third kappa shape index (κ3) is 6.49. The number of nitrogens with one attached hydrogen (secondary N) is 2. The summed E-state index contributed by atoms with van der Waals surface area (Å²) in [4.78, 5) is 14.0. The lowest BCUT2D eigenvalue weighted by Crippen LogP contribution is -2.37. The highest BCUT2D eigenvalue weighted by atomic mass is 32.2. The molecule has 1 aromatic rings. The van der Waals surface area contributed by atoms with Crippen LogP contribution >= 0.6 is 11.9 Å². The van der Waals surface area contributed by atoms with Crippen LogP contribution in [0.15, 0.2) is 30.3 Å². The molecular weight excluding hydrogens is 330 g/mol.